The molecule has 2 amide bonds. The highest BCUT2D eigenvalue weighted by Crippen LogP contribution is 2.31. The first-order valence-corrected chi connectivity index (χ1v) is 8.04. The first kappa shape index (κ1) is 16.4. The average molecular weight is 322 g/mol. The van der Waals surface area contributed by atoms with E-state index in [1.807, 2.05) is 19.1 Å². The number of thioether (sulfide) groups is 1. The van der Waals surface area contributed by atoms with E-state index >= 15 is 0 Å². The number of anilines is 2. The molecule has 1 heterocycles. The molecular formula is C15H18N2O4S. The minimum atomic E-state index is -0.362. The highest BCUT2D eigenvalue weighted by atomic mass is 32.2. The SMILES string of the molecule is COC(=O)CSCC(=O)N1c2ccccc2NC(=O)C[C@H]1C. The van der Waals surface area contributed by atoms with Gasteiger partial charge in [0, 0.05) is 12.5 Å². The summed E-state index contributed by atoms with van der Waals surface area (Å²) in [6, 6.07) is 6.97. The Labute approximate surface area is 133 Å². The number of methoxy groups -OCH3 is 1. The predicted octanol–water partition coefficient (Wildman–Crippen LogP) is 1.66. The number of carbonyl (C=O) groups excluding carboxylic acids is 3. The molecule has 2 rings (SSSR count). The Kier molecular flexibility index (Phi) is 5.43. The molecule has 0 saturated heterocycles. The largest absolute Gasteiger partial charge is 0.468 e. The van der Waals surface area contributed by atoms with Crippen molar-refractivity contribution in [3.8, 4) is 0 Å². The van der Waals surface area contributed by atoms with Crippen LogP contribution in [-0.2, 0) is 19.1 Å². The number of esters is 1. The van der Waals surface area contributed by atoms with Crippen LogP contribution in [0.25, 0.3) is 0 Å². The van der Waals surface area contributed by atoms with Crippen molar-refractivity contribution >= 4 is 40.9 Å². The number of nitrogens with zero attached hydrogens (tertiary/aromatic N) is 1. The summed E-state index contributed by atoms with van der Waals surface area (Å²) in [6.07, 6.45) is 0.238. The molecule has 0 radical (unpaired) electrons. The van der Waals surface area contributed by atoms with Gasteiger partial charge >= 0.3 is 5.97 Å². The van der Waals surface area contributed by atoms with E-state index in [4.69, 9.17) is 0 Å². The number of ether oxygens (including phenoxy) is 1. The maximum absolute atomic E-state index is 12.5. The molecule has 0 aliphatic carbocycles. The summed E-state index contributed by atoms with van der Waals surface area (Å²) in [7, 11) is 1.31. The average Bonchev–Trinajstić information content (AvgIpc) is 2.61. The number of nitrogens with one attached hydrogen (secondary N) is 1. The zero-order valence-electron chi connectivity index (χ0n) is 12.5. The van der Waals surface area contributed by atoms with Gasteiger partial charge in [0.1, 0.15) is 0 Å². The van der Waals surface area contributed by atoms with Crippen molar-refractivity contribution in [1.82, 2.24) is 0 Å². The van der Waals surface area contributed by atoms with Gasteiger partial charge in [-0.25, -0.2) is 0 Å². The summed E-state index contributed by atoms with van der Waals surface area (Å²) >= 11 is 1.20. The summed E-state index contributed by atoms with van der Waals surface area (Å²) in [5, 5.41) is 2.81. The van der Waals surface area contributed by atoms with E-state index in [0.29, 0.717) is 11.4 Å². The maximum atomic E-state index is 12.5. The Hall–Kier alpha value is -2.02. The van der Waals surface area contributed by atoms with Crippen LogP contribution >= 0.6 is 11.8 Å². The zero-order valence-corrected chi connectivity index (χ0v) is 13.3. The van der Waals surface area contributed by atoms with E-state index in [2.05, 4.69) is 10.1 Å². The monoisotopic (exact) mass is 322 g/mol. The minimum absolute atomic E-state index is 0.113. The molecular weight excluding hydrogens is 304 g/mol. The van der Waals surface area contributed by atoms with Gasteiger partial charge in [0.25, 0.3) is 0 Å². The predicted molar refractivity (Wildman–Crippen MR) is 86.0 cm³/mol. The van der Waals surface area contributed by atoms with E-state index in [1.165, 1.54) is 18.9 Å². The van der Waals surface area contributed by atoms with Gasteiger partial charge in [-0.1, -0.05) is 12.1 Å². The van der Waals surface area contributed by atoms with Crippen LogP contribution in [-0.4, -0.2) is 42.4 Å². The summed E-state index contributed by atoms with van der Waals surface area (Å²) in [4.78, 5) is 37.1. The Morgan fingerprint density at radius 1 is 1.36 bits per heavy atom. The molecule has 6 nitrogen and oxygen atoms in total. The van der Waals surface area contributed by atoms with Crippen molar-refractivity contribution < 1.29 is 19.1 Å². The quantitative estimate of drug-likeness (QED) is 0.853. The second kappa shape index (κ2) is 7.31. The van der Waals surface area contributed by atoms with Crippen molar-refractivity contribution in [2.24, 2.45) is 0 Å². The Bertz CT molecular complexity index is 591. The third-order valence-electron chi connectivity index (χ3n) is 3.30. The molecule has 118 valence electrons. The number of benzene rings is 1. The standard InChI is InChI=1S/C15H18N2O4S/c1-10-7-13(18)16-11-5-3-4-6-12(11)17(10)14(19)8-22-9-15(20)21-2/h3-6,10H,7-9H2,1-2H3,(H,16,18)/t10-/m1/s1. The van der Waals surface area contributed by atoms with Crippen LogP contribution in [0.15, 0.2) is 24.3 Å². The van der Waals surface area contributed by atoms with E-state index in [1.54, 1.807) is 17.0 Å². The lowest BCUT2D eigenvalue weighted by molar-refractivity contribution is -0.137. The van der Waals surface area contributed by atoms with Gasteiger partial charge in [0.15, 0.2) is 0 Å². The number of para-hydroxylation sites is 2. The van der Waals surface area contributed by atoms with Crippen LogP contribution in [0.2, 0.25) is 0 Å². The Balaban J connectivity index is 2.15. The second-order valence-corrected chi connectivity index (χ2v) is 5.94. The lowest BCUT2D eigenvalue weighted by Gasteiger charge is -2.27. The van der Waals surface area contributed by atoms with Gasteiger partial charge in [0.2, 0.25) is 11.8 Å². The number of rotatable bonds is 4. The molecule has 1 aromatic rings. The fraction of sp³-hybridized carbons (Fsp3) is 0.400. The number of hydrogen-bond donors (Lipinski definition) is 1. The zero-order chi connectivity index (χ0) is 16.1. The van der Waals surface area contributed by atoms with Crippen molar-refractivity contribution in [3.05, 3.63) is 24.3 Å². The number of fused-ring (bicyclic) bond motifs is 1. The molecule has 0 aromatic heterocycles. The summed E-state index contributed by atoms with van der Waals surface area (Å²) in [5.74, 6) is -0.326. The van der Waals surface area contributed by atoms with Gasteiger partial charge in [-0.15, -0.1) is 11.8 Å². The molecule has 1 atom stereocenters. The van der Waals surface area contributed by atoms with Crippen LogP contribution in [0.3, 0.4) is 0 Å². The molecule has 22 heavy (non-hydrogen) atoms. The molecule has 0 unspecified atom stereocenters. The summed E-state index contributed by atoms with van der Waals surface area (Å²) < 4.78 is 4.55. The Morgan fingerprint density at radius 3 is 2.82 bits per heavy atom. The molecule has 7 heteroatoms. The third-order valence-corrected chi connectivity index (χ3v) is 4.19. The number of amides is 2. The first-order valence-electron chi connectivity index (χ1n) is 6.88. The van der Waals surface area contributed by atoms with Crippen LogP contribution < -0.4 is 10.2 Å². The van der Waals surface area contributed by atoms with Gasteiger partial charge < -0.3 is 15.0 Å². The van der Waals surface area contributed by atoms with Crippen LogP contribution in [0.5, 0.6) is 0 Å². The topological polar surface area (TPSA) is 75.7 Å². The molecule has 0 fully saturated rings. The summed E-state index contributed by atoms with van der Waals surface area (Å²) in [6.45, 7) is 1.84. The highest BCUT2D eigenvalue weighted by molar-refractivity contribution is 8.00. The van der Waals surface area contributed by atoms with E-state index in [0.717, 1.165) is 0 Å². The molecule has 1 aliphatic heterocycles. The van der Waals surface area contributed by atoms with Gasteiger partial charge in [-0.05, 0) is 19.1 Å². The normalized spacial score (nSPS) is 17.3. The van der Waals surface area contributed by atoms with Gasteiger partial charge in [-0.2, -0.15) is 0 Å². The minimum Gasteiger partial charge on any atom is -0.468 e. The highest BCUT2D eigenvalue weighted by Gasteiger charge is 2.29. The van der Waals surface area contributed by atoms with Crippen LogP contribution in [0, 0.1) is 0 Å². The fourth-order valence-corrected chi connectivity index (χ4v) is 3.02. The second-order valence-electron chi connectivity index (χ2n) is 4.95. The fourth-order valence-electron chi connectivity index (χ4n) is 2.32. The van der Waals surface area contributed by atoms with Gasteiger partial charge in [0.05, 0.1) is 30.0 Å². The number of hydrogen-bond acceptors (Lipinski definition) is 5. The van der Waals surface area contributed by atoms with E-state index in [9.17, 15) is 14.4 Å². The molecule has 0 saturated carbocycles. The van der Waals surface area contributed by atoms with E-state index < -0.39 is 0 Å². The molecule has 0 spiro atoms. The van der Waals surface area contributed by atoms with Crippen LogP contribution in [0.1, 0.15) is 13.3 Å². The summed E-state index contributed by atoms with van der Waals surface area (Å²) in [5.41, 5.74) is 1.31. The molecule has 0 bridgehead atoms. The lowest BCUT2D eigenvalue weighted by atomic mass is 10.2. The third kappa shape index (κ3) is 3.79. The van der Waals surface area contributed by atoms with Crippen molar-refractivity contribution in [3.63, 3.8) is 0 Å². The van der Waals surface area contributed by atoms with Crippen molar-refractivity contribution in [2.45, 2.75) is 19.4 Å². The van der Waals surface area contributed by atoms with Crippen molar-refractivity contribution in [2.75, 3.05) is 28.8 Å². The molecule has 1 aliphatic rings. The number of carbonyl (C=O) groups is 3. The lowest BCUT2D eigenvalue weighted by Crippen LogP contribution is -2.40. The molecule has 1 N–H and O–H groups in total. The smallest absolute Gasteiger partial charge is 0.315 e. The maximum Gasteiger partial charge on any atom is 0.315 e. The Morgan fingerprint density at radius 2 is 2.09 bits per heavy atom. The van der Waals surface area contributed by atoms with E-state index in [-0.39, 0.29) is 41.8 Å². The van der Waals surface area contributed by atoms with Gasteiger partial charge in [-0.3, -0.25) is 14.4 Å². The van der Waals surface area contributed by atoms with Crippen molar-refractivity contribution in [1.29, 1.82) is 0 Å². The van der Waals surface area contributed by atoms with Crippen LogP contribution in [0.4, 0.5) is 11.4 Å². The molecule has 1 aromatic carbocycles. The first-order chi connectivity index (χ1) is 10.5.